The average molecular weight is 401 g/mol. The highest BCUT2D eigenvalue weighted by molar-refractivity contribution is 5.74. The van der Waals surface area contributed by atoms with Crippen LogP contribution in [0.25, 0.3) is 5.69 Å². The summed E-state index contributed by atoms with van der Waals surface area (Å²) < 4.78 is 2.31. The van der Waals surface area contributed by atoms with Crippen LogP contribution in [0.4, 0.5) is 10.5 Å². The van der Waals surface area contributed by atoms with E-state index < -0.39 is 0 Å². The normalized spacial score (nSPS) is 16.5. The Labute approximate surface area is 177 Å². The number of amides is 2. The van der Waals surface area contributed by atoms with Crippen LogP contribution in [0.3, 0.4) is 0 Å². The number of piperidine rings is 1. The standard InChI is InChI=1S/C25H28N4O/c1-19-9-10-22-21(18-19)27-25(23-8-5-15-29(22)23)12-16-28(17-13-25)24(30)26-14-11-20-6-3-2-4-7-20/h2-10,15,18,27H,11-14,16-17H2,1H3,(H,26,30). The first-order valence-corrected chi connectivity index (χ1v) is 10.8. The van der Waals surface area contributed by atoms with Gasteiger partial charge in [0.25, 0.3) is 0 Å². The summed E-state index contributed by atoms with van der Waals surface area (Å²) in [5.41, 5.74) is 6.05. The van der Waals surface area contributed by atoms with Crippen molar-refractivity contribution in [2.24, 2.45) is 0 Å². The maximum atomic E-state index is 12.7. The quantitative estimate of drug-likeness (QED) is 0.682. The number of anilines is 1. The van der Waals surface area contributed by atoms with Gasteiger partial charge in [0.15, 0.2) is 0 Å². The van der Waals surface area contributed by atoms with Gasteiger partial charge in [-0.3, -0.25) is 0 Å². The molecule has 1 aromatic heterocycles. The molecule has 2 amide bonds. The number of likely N-dealkylation sites (tertiary alicyclic amines) is 1. The predicted octanol–water partition coefficient (Wildman–Crippen LogP) is 4.45. The van der Waals surface area contributed by atoms with E-state index in [9.17, 15) is 4.79 Å². The molecule has 2 aliphatic rings. The largest absolute Gasteiger partial charge is 0.372 e. The number of nitrogens with zero attached hydrogens (tertiary/aromatic N) is 2. The van der Waals surface area contributed by atoms with Crippen LogP contribution in [0.5, 0.6) is 0 Å². The molecule has 5 rings (SSSR count). The number of benzene rings is 2. The monoisotopic (exact) mass is 400 g/mol. The van der Waals surface area contributed by atoms with E-state index in [1.165, 1.54) is 28.2 Å². The lowest BCUT2D eigenvalue weighted by Gasteiger charge is -2.46. The third kappa shape index (κ3) is 3.34. The molecule has 0 atom stereocenters. The molecule has 1 saturated heterocycles. The smallest absolute Gasteiger partial charge is 0.317 e. The fourth-order valence-electron chi connectivity index (χ4n) is 4.81. The second kappa shape index (κ2) is 7.56. The van der Waals surface area contributed by atoms with Gasteiger partial charge in [0, 0.05) is 31.5 Å². The zero-order valence-electron chi connectivity index (χ0n) is 17.4. The minimum atomic E-state index is -0.120. The van der Waals surface area contributed by atoms with Gasteiger partial charge in [-0.2, -0.15) is 0 Å². The van der Waals surface area contributed by atoms with Gasteiger partial charge in [-0.25, -0.2) is 4.79 Å². The summed E-state index contributed by atoms with van der Waals surface area (Å²) >= 11 is 0. The maximum Gasteiger partial charge on any atom is 0.317 e. The van der Waals surface area contributed by atoms with Gasteiger partial charge in [0.1, 0.15) is 0 Å². The van der Waals surface area contributed by atoms with Crippen LogP contribution in [-0.4, -0.2) is 35.1 Å². The van der Waals surface area contributed by atoms with Crippen molar-refractivity contribution in [2.75, 3.05) is 25.0 Å². The van der Waals surface area contributed by atoms with E-state index in [1.807, 2.05) is 23.1 Å². The second-order valence-corrected chi connectivity index (χ2v) is 8.45. The lowest BCUT2D eigenvalue weighted by Crippen LogP contribution is -2.53. The Bertz CT molecular complexity index is 1050. The molecule has 1 spiro atoms. The summed E-state index contributed by atoms with van der Waals surface area (Å²) in [6.07, 6.45) is 4.80. The van der Waals surface area contributed by atoms with E-state index in [2.05, 4.69) is 70.8 Å². The van der Waals surface area contributed by atoms with Gasteiger partial charge in [0.05, 0.1) is 16.9 Å². The topological polar surface area (TPSA) is 49.3 Å². The highest BCUT2D eigenvalue weighted by Crippen LogP contribution is 2.43. The number of aromatic nitrogens is 1. The Kier molecular flexibility index (Phi) is 4.74. The van der Waals surface area contributed by atoms with Gasteiger partial charge in [-0.15, -0.1) is 0 Å². The molecule has 5 heteroatoms. The summed E-state index contributed by atoms with van der Waals surface area (Å²) in [4.78, 5) is 14.6. The summed E-state index contributed by atoms with van der Waals surface area (Å²) in [7, 11) is 0. The van der Waals surface area contributed by atoms with Gasteiger partial charge < -0.3 is 20.1 Å². The van der Waals surface area contributed by atoms with Gasteiger partial charge >= 0.3 is 6.03 Å². The molecule has 0 unspecified atom stereocenters. The first-order valence-electron chi connectivity index (χ1n) is 10.8. The molecule has 2 N–H and O–H groups in total. The van der Waals surface area contributed by atoms with Crippen molar-refractivity contribution < 1.29 is 4.79 Å². The SMILES string of the molecule is Cc1ccc2c(c1)NC1(CCN(C(=O)NCCc3ccccc3)CC1)c1cccn1-2. The zero-order valence-corrected chi connectivity index (χ0v) is 17.4. The van der Waals surface area contributed by atoms with Crippen LogP contribution in [0.15, 0.2) is 66.9 Å². The zero-order chi connectivity index (χ0) is 20.6. The Morgan fingerprint density at radius 1 is 1.07 bits per heavy atom. The van der Waals surface area contributed by atoms with Gasteiger partial charge in [-0.05, 0) is 61.6 Å². The molecule has 0 saturated carbocycles. The van der Waals surface area contributed by atoms with E-state index in [1.54, 1.807) is 0 Å². The van der Waals surface area contributed by atoms with E-state index in [4.69, 9.17) is 0 Å². The Morgan fingerprint density at radius 2 is 1.87 bits per heavy atom. The molecular formula is C25H28N4O. The van der Waals surface area contributed by atoms with E-state index in [-0.39, 0.29) is 11.6 Å². The van der Waals surface area contributed by atoms with E-state index in [0.29, 0.717) is 6.54 Å². The summed E-state index contributed by atoms with van der Waals surface area (Å²) in [5.74, 6) is 0. The van der Waals surface area contributed by atoms with Crippen LogP contribution in [-0.2, 0) is 12.0 Å². The first kappa shape index (κ1) is 18.8. The minimum absolute atomic E-state index is 0.0446. The predicted molar refractivity (Wildman–Crippen MR) is 120 cm³/mol. The van der Waals surface area contributed by atoms with E-state index >= 15 is 0 Å². The number of rotatable bonds is 3. The molecule has 0 aliphatic carbocycles. The molecule has 3 aromatic rings. The van der Waals surface area contributed by atoms with Crippen LogP contribution in [0, 0.1) is 6.92 Å². The molecule has 5 nitrogen and oxygen atoms in total. The first-order chi connectivity index (χ1) is 14.6. The average Bonchev–Trinajstić information content (AvgIpc) is 3.26. The lowest BCUT2D eigenvalue weighted by atomic mass is 9.82. The molecule has 0 bridgehead atoms. The van der Waals surface area contributed by atoms with Crippen molar-refractivity contribution in [1.29, 1.82) is 0 Å². The summed E-state index contributed by atoms with van der Waals surface area (Å²) in [6, 6.07) is 21.2. The molecule has 0 radical (unpaired) electrons. The summed E-state index contributed by atoms with van der Waals surface area (Å²) in [5, 5.41) is 6.93. The highest BCUT2D eigenvalue weighted by atomic mass is 16.2. The fraction of sp³-hybridized carbons (Fsp3) is 0.320. The molecule has 2 aliphatic heterocycles. The number of fused-ring (bicyclic) bond motifs is 4. The fourth-order valence-corrected chi connectivity index (χ4v) is 4.81. The van der Waals surface area contributed by atoms with Crippen molar-refractivity contribution in [3.8, 4) is 5.69 Å². The van der Waals surface area contributed by atoms with Crippen molar-refractivity contribution in [2.45, 2.75) is 31.7 Å². The number of hydrogen-bond acceptors (Lipinski definition) is 2. The van der Waals surface area contributed by atoms with Crippen molar-refractivity contribution in [3.63, 3.8) is 0 Å². The molecular weight excluding hydrogens is 372 g/mol. The van der Waals surface area contributed by atoms with Crippen LogP contribution >= 0.6 is 0 Å². The summed E-state index contributed by atoms with van der Waals surface area (Å²) in [6.45, 7) is 4.29. The van der Waals surface area contributed by atoms with Crippen LogP contribution in [0.2, 0.25) is 0 Å². The molecule has 1 fully saturated rings. The molecule has 30 heavy (non-hydrogen) atoms. The van der Waals surface area contributed by atoms with E-state index in [0.717, 1.165) is 32.4 Å². The number of carbonyl (C=O) groups excluding carboxylic acids is 1. The van der Waals surface area contributed by atoms with Crippen molar-refractivity contribution in [1.82, 2.24) is 14.8 Å². The third-order valence-corrected chi connectivity index (χ3v) is 6.46. The highest BCUT2D eigenvalue weighted by Gasteiger charge is 2.42. The molecule has 154 valence electrons. The van der Waals surface area contributed by atoms with Crippen LogP contribution < -0.4 is 10.6 Å². The molecule has 2 aromatic carbocycles. The number of aryl methyl sites for hydroxylation is 1. The van der Waals surface area contributed by atoms with Gasteiger partial charge in [-0.1, -0.05) is 36.4 Å². The third-order valence-electron chi connectivity index (χ3n) is 6.46. The van der Waals surface area contributed by atoms with Gasteiger partial charge in [0.2, 0.25) is 0 Å². The second-order valence-electron chi connectivity index (χ2n) is 8.45. The van der Waals surface area contributed by atoms with Crippen molar-refractivity contribution >= 4 is 11.7 Å². The van der Waals surface area contributed by atoms with Crippen LogP contribution in [0.1, 0.15) is 29.7 Å². The Balaban J connectivity index is 1.25. The molecule has 3 heterocycles. The Morgan fingerprint density at radius 3 is 2.67 bits per heavy atom. The maximum absolute atomic E-state index is 12.7. The number of nitrogens with one attached hydrogen (secondary N) is 2. The van der Waals surface area contributed by atoms with Crippen molar-refractivity contribution in [3.05, 3.63) is 83.7 Å². The number of carbonyl (C=O) groups is 1. The lowest BCUT2D eigenvalue weighted by molar-refractivity contribution is 0.163. The number of urea groups is 1. The Hall–Kier alpha value is -3.21. The minimum Gasteiger partial charge on any atom is -0.372 e. The number of hydrogen-bond donors (Lipinski definition) is 2.